The Balaban J connectivity index is 1.39. The maximum atomic E-state index is 13.2. The number of hydrogen-bond acceptors (Lipinski definition) is 5. The molecule has 3 N–H and O–H groups in total. The van der Waals surface area contributed by atoms with E-state index in [1.165, 1.54) is 10.6 Å². The number of fused-ring (bicyclic) bond motifs is 3. The molecule has 4 fully saturated rings. The average Bonchev–Trinajstić information content (AvgIpc) is 3.57. The number of nitrogens with one attached hydrogen (secondary N) is 2. The molecule has 6 rings (SSSR count). The van der Waals surface area contributed by atoms with Gasteiger partial charge in [-0.15, -0.1) is 0 Å². The van der Waals surface area contributed by atoms with Crippen LogP contribution >= 0.6 is 0 Å². The molecule has 2 saturated carbocycles. The summed E-state index contributed by atoms with van der Waals surface area (Å²) in [5.74, 6) is -0.990. The van der Waals surface area contributed by atoms with Crippen LogP contribution in [0.1, 0.15) is 54.9 Å². The van der Waals surface area contributed by atoms with Gasteiger partial charge in [-0.1, -0.05) is 11.4 Å². The molecular formula is C23H28N5O5+. The maximum absolute atomic E-state index is 13.2. The van der Waals surface area contributed by atoms with Crippen molar-refractivity contribution in [2.24, 2.45) is 5.41 Å². The first kappa shape index (κ1) is 20.5. The number of carbonyl (C=O) groups excluding carboxylic acids is 2. The van der Waals surface area contributed by atoms with E-state index < -0.39 is 11.5 Å². The van der Waals surface area contributed by atoms with Crippen molar-refractivity contribution in [2.75, 3.05) is 13.2 Å². The van der Waals surface area contributed by atoms with E-state index in [1.54, 1.807) is 16.8 Å². The fourth-order valence-electron chi connectivity index (χ4n) is 4.90. The number of rotatable bonds is 6. The number of nitrogens with zero attached hydrogens (tertiary/aromatic N) is 3. The average molecular weight is 455 g/mol. The number of carbonyl (C=O) groups is 2. The van der Waals surface area contributed by atoms with E-state index in [1.807, 2.05) is 4.90 Å². The van der Waals surface area contributed by atoms with Crippen LogP contribution in [0, 0.1) is 5.41 Å². The van der Waals surface area contributed by atoms with Crippen LogP contribution in [0.2, 0.25) is 0 Å². The Morgan fingerprint density at radius 1 is 1.39 bits per heavy atom. The Morgan fingerprint density at radius 3 is 2.82 bits per heavy atom. The van der Waals surface area contributed by atoms with E-state index in [-0.39, 0.29) is 41.0 Å². The van der Waals surface area contributed by atoms with Crippen molar-refractivity contribution in [2.45, 2.75) is 63.8 Å². The molecule has 2 aliphatic heterocycles. The number of aromatic amines is 1. The Morgan fingerprint density at radius 2 is 2.18 bits per heavy atom. The first-order chi connectivity index (χ1) is 15.8. The van der Waals surface area contributed by atoms with Crippen LogP contribution in [0.25, 0.3) is 11.7 Å². The highest BCUT2D eigenvalue weighted by atomic mass is 16.5. The standard InChI is InChI=1S/C23H27N5O5/c1-23(6-7-23)12-27-20-13(2-5-17(29)26-10-16-8-15(26)11-33-16)9-24-28(20)22(32)18(21(27)31)19(30)25-14-3-4-14/h2,5,9,14-16H,3-4,6-8,10-12H2,1H3,(H2,25,30,31,32)/p+1/b5-2+/t15-,16-/m0/s1. The lowest BCUT2D eigenvalue weighted by Gasteiger charge is -2.25. The van der Waals surface area contributed by atoms with E-state index >= 15 is 0 Å². The Bertz CT molecular complexity index is 1250. The number of morpholine rings is 1. The van der Waals surface area contributed by atoms with Gasteiger partial charge in [-0.2, -0.15) is 4.57 Å². The van der Waals surface area contributed by atoms with E-state index in [0.29, 0.717) is 30.9 Å². The van der Waals surface area contributed by atoms with Crippen LogP contribution in [-0.2, 0) is 16.1 Å². The normalized spacial score (nSPS) is 25.3. The summed E-state index contributed by atoms with van der Waals surface area (Å²) >= 11 is 0. The summed E-state index contributed by atoms with van der Waals surface area (Å²) in [5, 5.41) is 16.8. The van der Waals surface area contributed by atoms with Gasteiger partial charge in [0, 0.05) is 24.1 Å². The summed E-state index contributed by atoms with van der Waals surface area (Å²) < 4.78 is 8.48. The van der Waals surface area contributed by atoms with Crippen molar-refractivity contribution < 1.29 is 24.0 Å². The van der Waals surface area contributed by atoms with Gasteiger partial charge in [-0.05, 0) is 38.2 Å². The minimum absolute atomic E-state index is 0.00681. The molecular weight excluding hydrogens is 426 g/mol. The number of ether oxygens (including phenoxy) is 1. The summed E-state index contributed by atoms with van der Waals surface area (Å²) in [6, 6.07) is 0.180. The molecule has 0 unspecified atom stereocenters. The zero-order chi connectivity index (χ0) is 22.9. The lowest BCUT2D eigenvalue weighted by Crippen LogP contribution is -2.46. The fourth-order valence-corrected chi connectivity index (χ4v) is 4.90. The van der Waals surface area contributed by atoms with E-state index in [9.17, 15) is 19.5 Å². The predicted octanol–water partition coefficient (Wildman–Crippen LogP) is 0.326. The zero-order valence-corrected chi connectivity index (χ0v) is 18.5. The first-order valence-electron chi connectivity index (χ1n) is 11.6. The number of H-pyrrole nitrogens is 1. The first-order valence-corrected chi connectivity index (χ1v) is 11.6. The van der Waals surface area contributed by atoms with Crippen LogP contribution in [0.3, 0.4) is 0 Å². The molecule has 4 aliphatic rings. The molecule has 2 aromatic heterocycles. The van der Waals surface area contributed by atoms with Gasteiger partial charge in [-0.25, -0.2) is 9.89 Å². The van der Waals surface area contributed by atoms with Crippen LogP contribution in [0.4, 0.5) is 0 Å². The minimum atomic E-state index is -0.613. The fraction of sp³-hybridized carbons (Fsp3) is 0.565. The Kier molecular flexibility index (Phi) is 4.45. The highest BCUT2D eigenvalue weighted by molar-refractivity contribution is 5.96. The molecule has 0 radical (unpaired) electrons. The summed E-state index contributed by atoms with van der Waals surface area (Å²) in [4.78, 5) is 40.5. The van der Waals surface area contributed by atoms with Gasteiger partial charge < -0.3 is 20.1 Å². The van der Waals surface area contributed by atoms with E-state index in [4.69, 9.17) is 4.74 Å². The van der Waals surface area contributed by atoms with Crippen LogP contribution in [0.5, 0.6) is 5.88 Å². The van der Waals surface area contributed by atoms with Crippen molar-refractivity contribution in [3.8, 4) is 5.88 Å². The topological polar surface area (TPSA) is 120 Å². The Hall–Kier alpha value is -3.14. The minimum Gasteiger partial charge on any atom is -0.477 e. The highest BCUT2D eigenvalue weighted by Crippen LogP contribution is 2.45. The molecule has 2 saturated heterocycles. The third-order valence-corrected chi connectivity index (χ3v) is 7.34. The largest absolute Gasteiger partial charge is 0.477 e. The lowest BCUT2D eigenvalue weighted by molar-refractivity contribution is -0.689. The third kappa shape index (κ3) is 3.52. The second-order valence-corrected chi connectivity index (χ2v) is 10.2. The molecule has 174 valence electrons. The maximum Gasteiger partial charge on any atom is 0.378 e. The summed E-state index contributed by atoms with van der Waals surface area (Å²) in [7, 11) is 0. The molecule has 2 aliphatic carbocycles. The Labute approximate surface area is 189 Å². The van der Waals surface area contributed by atoms with Crippen molar-refractivity contribution in [1.82, 2.24) is 19.8 Å². The van der Waals surface area contributed by atoms with Gasteiger partial charge in [0.05, 0.1) is 37.1 Å². The van der Waals surface area contributed by atoms with Gasteiger partial charge in [-0.3, -0.25) is 9.59 Å². The molecule has 10 nitrogen and oxygen atoms in total. The van der Waals surface area contributed by atoms with Crippen molar-refractivity contribution in [3.05, 3.63) is 33.8 Å². The number of hydrogen-bond donors (Lipinski definition) is 3. The van der Waals surface area contributed by atoms with E-state index in [0.717, 1.165) is 32.1 Å². The smallest absolute Gasteiger partial charge is 0.378 e. The lowest BCUT2D eigenvalue weighted by atomic mass is 10.1. The number of amides is 2. The molecule has 2 aromatic rings. The zero-order valence-electron chi connectivity index (χ0n) is 18.5. The van der Waals surface area contributed by atoms with Crippen molar-refractivity contribution in [3.63, 3.8) is 0 Å². The molecule has 10 heteroatoms. The molecule has 0 aromatic carbocycles. The molecule has 33 heavy (non-hydrogen) atoms. The number of aromatic hydroxyl groups is 1. The number of likely N-dealkylation sites (tertiary alicyclic amines) is 1. The second-order valence-electron chi connectivity index (χ2n) is 10.2. The van der Waals surface area contributed by atoms with Crippen LogP contribution < -0.4 is 15.4 Å². The molecule has 2 atom stereocenters. The van der Waals surface area contributed by atoms with Gasteiger partial charge >= 0.3 is 17.1 Å². The SMILES string of the molecule is CC1(C[n+]2c(O)c(C(=O)NC3CC3)c(=O)n3[nH]cc(/C=C/C(=O)N4C[C@@H]5C[C@H]4CO5)c32)CC1. The summed E-state index contributed by atoms with van der Waals surface area (Å²) in [6.45, 7) is 3.75. The summed E-state index contributed by atoms with van der Waals surface area (Å²) in [5.41, 5.74) is 0.148. The van der Waals surface area contributed by atoms with Gasteiger partial charge in [0.25, 0.3) is 5.91 Å². The molecule has 2 bridgehead atoms. The second kappa shape index (κ2) is 7.18. The van der Waals surface area contributed by atoms with Crippen molar-refractivity contribution >= 4 is 23.5 Å². The molecule has 2 amide bonds. The quantitative estimate of drug-likeness (QED) is 0.429. The monoisotopic (exact) mass is 454 g/mol. The highest BCUT2D eigenvalue weighted by Gasteiger charge is 2.43. The van der Waals surface area contributed by atoms with Crippen LogP contribution in [-0.4, -0.2) is 62.8 Å². The summed E-state index contributed by atoms with van der Waals surface area (Å²) in [6.07, 6.45) is 9.54. The van der Waals surface area contributed by atoms with Gasteiger partial charge in [0.2, 0.25) is 11.5 Å². The number of aromatic nitrogens is 3. The molecule has 0 spiro atoms. The van der Waals surface area contributed by atoms with Crippen molar-refractivity contribution in [1.29, 1.82) is 0 Å². The molecule has 4 heterocycles. The van der Waals surface area contributed by atoms with Gasteiger partial charge in [0.1, 0.15) is 0 Å². The third-order valence-electron chi connectivity index (χ3n) is 7.34. The van der Waals surface area contributed by atoms with Crippen LogP contribution in [0.15, 0.2) is 17.1 Å². The predicted molar refractivity (Wildman–Crippen MR) is 117 cm³/mol. The van der Waals surface area contributed by atoms with Gasteiger partial charge in [0.15, 0.2) is 0 Å². The van der Waals surface area contributed by atoms with E-state index in [2.05, 4.69) is 17.3 Å².